The van der Waals surface area contributed by atoms with E-state index in [4.69, 9.17) is 5.84 Å². The summed E-state index contributed by atoms with van der Waals surface area (Å²) >= 11 is 0. The van der Waals surface area contributed by atoms with Crippen molar-refractivity contribution in [2.45, 2.75) is 18.9 Å². The van der Waals surface area contributed by atoms with Gasteiger partial charge in [-0.3, -0.25) is 9.78 Å². The van der Waals surface area contributed by atoms with Gasteiger partial charge in [0.05, 0.1) is 18.5 Å². The van der Waals surface area contributed by atoms with Crippen LogP contribution in [0.2, 0.25) is 0 Å². The van der Waals surface area contributed by atoms with E-state index < -0.39 is 0 Å². The lowest BCUT2D eigenvalue weighted by Crippen LogP contribution is -2.32. The molecule has 2 aliphatic rings. The summed E-state index contributed by atoms with van der Waals surface area (Å²) in [5.74, 6) is 6.11. The van der Waals surface area contributed by atoms with Gasteiger partial charge in [0.25, 0.3) is 5.91 Å². The minimum absolute atomic E-state index is 0.147. The SMILES string of the molecule is NNc1cncc(C(=O)N2CC3CCC(O)C3C2)n1. The van der Waals surface area contributed by atoms with Gasteiger partial charge in [0.15, 0.2) is 5.82 Å². The van der Waals surface area contributed by atoms with E-state index in [0.717, 1.165) is 12.8 Å². The first kappa shape index (κ1) is 12.3. The molecule has 1 aromatic rings. The molecule has 102 valence electrons. The minimum atomic E-state index is -0.272. The van der Waals surface area contributed by atoms with Crippen molar-refractivity contribution < 1.29 is 9.90 Å². The lowest BCUT2D eigenvalue weighted by atomic mass is 10.00. The number of carbonyl (C=O) groups is 1. The smallest absolute Gasteiger partial charge is 0.274 e. The highest BCUT2D eigenvalue weighted by Crippen LogP contribution is 2.38. The largest absolute Gasteiger partial charge is 0.393 e. The molecule has 19 heavy (non-hydrogen) atoms. The zero-order valence-corrected chi connectivity index (χ0v) is 10.5. The first-order valence-corrected chi connectivity index (χ1v) is 6.45. The predicted octanol–water partition coefficient (Wildman–Crippen LogP) is -0.395. The lowest BCUT2D eigenvalue weighted by molar-refractivity contribution is 0.0746. The first-order chi connectivity index (χ1) is 9.19. The van der Waals surface area contributed by atoms with E-state index >= 15 is 0 Å². The van der Waals surface area contributed by atoms with Crippen molar-refractivity contribution in [1.82, 2.24) is 14.9 Å². The standard InChI is InChI=1S/C12H17N5O2/c13-16-11-4-14-3-9(15-11)12(19)17-5-7-1-2-10(18)8(7)6-17/h3-4,7-8,10,18H,1-2,5-6,13H2,(H,15,16). The van der Waals surface area contributed by atoms with Crippen LogP contribution in [0.15, 0.2) is 12.4 Å². The summed E-state index contributed by atoms with van der Waals surface area (Å²) < 4.78 is 0. The van der Waals surface area contributed by atoms with Crippen LogP contribution in [-0.4, -0.2) is 45.1 Å². The van der Waals surface area contributed by atoms with Crippen molar-refractivity contribution in [1.29, 1.82) is 0 Å². The van der Waals surface area contributed by atoms with Gasteiger partial charge >= 0.3 is 0 Å². The molecule has 1 aliphatic heterocycles. The number of nitrogens with two attached hydrogens (primary N) is 1. The van der Waals surface area contributed by atoms with Crippen molar-refractivity contribution in [2.75, 3.05) is 18.5 Å². The summed E-state index contributed by atoms with van der Waals surface area (Å²) in [4.78, 5) is 22.1. The zero-order chi connectivity index (χ0) is 13.4. The topological polar surface area (TPSA) is 104 Å². The molecule has 0 bridgehead atoms. The number of amides is 1. The molecule has 0 aromatic carbocycles. The monoisotopic (exact) mass is 263 g/mol. The normalized spacial score (nSPS) is 29.4. The Kier molecular flexibility index (Phi) is 3.08. The van der Waals surface area contributed by atoms with Crippen LogP contribution in [0.4, 0.5) is 5.82 Å². The van der Waals surface area contributed by atoms with E-state index in [9.17, 15) is 9.90 Å². The van der Waals surface area contributed by atoms with Crippen LogP contribution < -0.4 is 11.3 Å². The van der Waals surface area contributed by atoms with E-state index in [1.807, 2.05) is 0 Å². The molecular formula is C12H17N5O2. The van der Waals surface area contributed by atoms with E-state index in [0.29, 0.717) is 24.8 Å². The number of nitrogen functional groups attached to an aromatic ring is 1. The fraction of sp³-hybridized carbons (Fsp3) is 0.583. The fourth-order valence-corrected chi connectivity index (χ4v) is 3.10. The molecule has 4 N–H and O–H groups in total. The number of nitrogens with one attached hydrogen (secondary N) is 1. The van der Waals surface area contributed by atoms with Gasteiger partial charge in [-0.25, -0.2) is 10.8 Å². The van der Waals surface area contributed by atoms with Crippen LogP contribution in [0.3, 0.4) is 0 Å². The number of aliphatic hydroxyl groups excluding tert-OH is 1. The van der Waals surface area contributed by atoms with Gasteiger partial charge in [0.2, 0.25) is 0 Å². The Labute approximate surface area is 110 Å². The quantitative estimate of drug-likeness (QED) is 0.495. The summed E-state index contributed by atoms with van der Waals surface area (Å²) in [5, 5.41) is 9.86. The number of anilines is 1. The molecule has 7 heteroatoms. The fourth-order valence-electron chi connectivity index (χ4n) is 3.10. The van der Waals surface area contributed by atoms with Crippen LogP contribution in [0.1, 0.15) is 23.3 Å². The molecular weight excluding hydrogens is 246 g/mol. The third-order valence-corrected chi connectivity index (χ3v) is 4.11. The van der Waals surface area contributed by atoms with Crippen LogP contribution in [0.25, 0.3) is 0 Å². The molecule has 1 aliphatic carbocycles. The summed E-state index contributed by atoms with van der Waals surface area (Å²) in [6, 6.07) is 0. The van der Waals surface area contributed by atoms with Crippen molar-refractivity contribution in [3.05, 3.63) is 18.1 Å². The molecule has 3 atom stereocenters. The van der Waals surface area contributed by atoms with E-state index in [2.05, 4.69) is 15.4 Å². The Morgan fingerprint density at radius 1 is 1.42 bits per heavy atom. The Balaban J connectivity index is 1.74. The molecule has 3 rings (SSSR count). The number of hydrazine groups is 1. The van der Waals surface area contributed by atoms with Crippen LogP contribution in [-0.2, 0) is 0 Å². The Hall–Kier alpha value is -1.73. The number of nitrogens with zero attached hydrogens (tertiary/aromatic N) is 3. The van der Waals surface area contributed by atoms with Gasteiger partial charge in [-0.2, -0.15) is 0 Å². The number of fused-ring (bicyclic) bond motifs is 1. The summed E-state index contributed by atoms with van der Waals surface area (Å²) in [5.41, 5.74) is 2.66. The van der Waals surface area contributed by atoms with Gasteiger partial charge < -0.3 is 15.4 Å². The zero-order valence-electron chi connectivity index (χ0n) is 10.5. The second kappa shape index (κ2) is 4.75. The highest BCUT2D eigenvalue weighted by molar-refractivity contribution is 5.92. The molecule has 1 saturated carbocycles. The van der Waals surface area contributed by atoms with E-state index in [-0.39, 0.29) is 23.6 Å². The van der Waals surface area contributed by atoms with Crippen molar-refractivity contribution in [3.63, 3.8) is 0 Å². The van der Waals surface area contributed by atoms with Gasteiger partial charge in [-0.05, 0) is 18.8 Å². The Bertz CT molecular complexity index is 495. The van der Waals surface area contributed by atoms with Gasteiger partial charge in [-0.15, -0.1) is 0 Å². The van der Waals surface area contributed by atoms with Gasteiger partial charge in [0.1, 0.15) is 5.69 Å². The molecule has 1 saturated heterocycles. The molecule has 2 fully saturated rings. The van der Waals surface area contributed by atoms with Crippen molar-refractivity contribution >= 4 is 11.7 Å². The second-order valence-corrected chi connectivity index (χ2v) is 5.21. The van der Waals surface area contributed by atoms with Gasteiger partial charge in [0, 0.05) is 19.0 Å². The van der Waals surface area contributed by atoms with E-state index in [1.165, 1.54) is 12.4 Å². The molecule has 1 aromatic heterocycles. The highest BCUT2D eigenvalue weighted by Gasteiger charge is 2.43. The average molecular weight is 263 g/mol. The summed E-state index contributed by atoms with van der Waals surface area (Å²) in [6.45, 7) is 1.30. The summed E-state index contributed by atoms with van der Waals surface area (Å²) in [7, 11) is 0. The molecule has 2 heterocycles. The lowest BCUT2D eigenvalue weighted by Gasteiger charge is -2.18. The Morgan fingerprint density at radius 2 is 2.26 bits per heavy atom. The maximum Gasteiger partial charge on any atom is 0.274 e. The molecule has 0 spiro atoms. The van der Waals surface area contributed by atoms with Gasteiger partial charge in [-0.1, -0.05) is 0 Å². The number of carbonyl (C=O) groups excluding carboxylic acids is 1. The average Bonchev–Trinajstić information content (AvgIpc) is 3.01. The molecule has 1 amide bonds. The van der Waals surface area contributed by atoms with Crippen molar-refractivity contribution in [3.8, 4) is 0 Å². The maximum absolute atomic E-state index is 12.3. The highest BCUT2D eigenvalue weighted by atomic mass is 16.3. The van der Waals surface area contributed by atoms with Crippen LogP contribution in [0, 0.1) is 11.8 Å². The molecule has 7 nitrogen and oxygen atoms in total. The number of aromatic nitrogens is 2. The van der Waals surface area contributed by atoms with Crippen molar-refractivity contribution in [2.24, 2.45) is 17.7 Å². The minimum Gasteiger partial charge on any atom is -0.393 e. The predicted molar refractivity (Wildman–Crippen MR) is 68.0 cm³/mol. The number of hydrogen-bond acceptors (Lipinski definition) is 6. The third-order valence-electron chi connectivity index (χ3n) is 4.11. The van der Waals surface area contributed by atoms with E-state index in [1.54, 1.807) is 4.90 Å². The number of likely N-dealkylation sites (tertiary alicyclic amines) is 1. The number of aliphatic hydroxyl groups is 1. The molecule has 3 unspecified atom stereocenters. The number of rotatable bonds is 2. The Morgan fingerprint density at radius 3 is 3.00 bits per heavy atom. The summed E-state index contributed by atoms with van der Waals surface area (Å²) in [6.07, 6.45) is 4.47. The maximum atomic E-state index is 12.3. The molecule has 0 radical (unpaired) electrons. The third kappa shape index (κ3) is 2.15. The number of hydrogen-bond donors (Lipinski definition) is 3. The van der Waals surface area contributed by atoms with Crippen LogP contribution >= 0.6 is 0 Å². The van der Waals surface area contributed by atoms with Crippen LogP contribution in [0.5, 0.6) is 0 Å². The first-order valence-electron chi connectivity index (χ1n) is 6.45. The second-order valence-electron chi connectivity index (χ2n) is 5.21.